The second kappa shape index (κ2) is 5.10. The van der Waals surface area contributed by atoms with Crippen molar-refractivity contribution >= 4 is 15.9 Å². The molecule has 0 heterocycles. The minimum absolute atomic E-state index is 0.149. The molecule has 2 aliphatic rings. The Morgan fingerprint density at radius 3 is 2.53 bits per heavy atom. The molecule has 3 heteroatoms. The van der Waals surface area contributed by atoms with Crippen LogP contribution in [0.1, 0.15) is 55.2 Å². The van der Waals surface area contributed by atoms with E-state index in [0.717, 1.165) is 29.5 Å². The molecule has 2 N–H and O–H groups in total. The van der Waals surface area contributed by atoms with Crippen molar-refractivity contribution in [2.24, 2.45) is 5.73 Å². The molecule has 0 unspecified atom stereocenters. The lowest BCUT2D eigenvalue weighted by atomic mass is 9.69. The van der Waals surface area contributed by atoms with Crippen molar-refractivity contribution in [3.05, 3.63) is 27.2 Å². The molecule has 0 aliphatic heterocycles. The van der Waals surface area contributed by atoms with Gasteiger partial charge in [0.25, 0.3) is 0 Å². The first-order valence-electron chi connectivity index (χ1n) is 7.33. The van der Waals surface area contributed by atoms with Gasteiger partial charge in [0.15, 0.2) is 0 Å². The summed E-state index contributed by atoms with van der Waals surface area (Å²) in [6, 6.07) is 2.25. The van der Waals surface area contributed by atoms with Gasteiger partial charge in [-0.3, -0.25) is 0 Å². The molecule has 0 radical (unpaired) electrons. The van der Waals surface area contributed by atoms with Gasteiger partial charge in [-0.05, 0) is 78.1 Å². The Bertz CT molecular complexity index is 494. The van der Waals surface area contributed by atoms with E-state index in [1.54, 1.807) is 7.11 Å². The summed E-state index contributed by atoms with van der Waals surface area (Å²) in [5.74, 6) is 0.975. The number of fused-ring (bicyclic) bond motifs is 1. The minimum Gasteiger partial charge on any atom is -0.495 e. The zero-order valence-electron chi connectivity index (χ0n) is 11.6. The van der Waals surface area contributed by atoms with Gasteiger partial charge in [-0.1, -0.05) is 6.42 Å². The molecule has 3 rings (SSSR count). The highest BCUT2D eigenvalue weighted by Gasteiger charge is 2.40. The summed E-state index contributed by atoms with van der Waals surface area (Å²) in [5, 5.41) is 0. The molecule has 0 amide bonds. The number of aryl methyl sites for hydroxylation is 1. The molecule has 1 aromatic carbocycles. The maximum absolute atomic E-state index is 6.64. The lowest BCUT2D eigenvalue weighted by Crippen LogP contribution is -2.44. The summed E-state index contributed by atoms with van der Waals surface area (Å²) < 4.78 is 6.75. The third kappa shape index (κ3) is 2.21. The van der Waals surface area contributed by atoms with E-state index in [1.165, 1.54) is 48.8 Å². The lowest BCUT2D eigenvalue weighted by Gasteiger charge is -2.41. The number of methoxy groups -OCH3 is 1. The SMILES string of the molecule is COc1c(Br)cc2c(c1C1(N)CCC1)CCCCC2. The largest absolute Gasteiger partial charge is 0.495 e. The summed E-state index contributed by atoms with van der Waals surface area (Å²) in [5.41, 5.74) is 10.8. The van der Waals surface area contributed by atoms with Crippen LogP contribution in [0.5, 0.6) is 5.75 Å². The third-order valence-corrected chi connectivity index (χ3v) is 5.34. The molecule has 1 aromatic rings. The molecule has 0 spiro atoms. The summed E-state index contributed by atoms with van der Waals surface area (Å²) in [7, 11) is 1.76. The van der Waals surface area contributed by atoms with Gasteiger partial charge in [-0.2, -0.15) is 0 Å². The van der Waals surface area contributed by atoms with Gasteiger partial charge in [0.1, 0.15) is 5.75 Å². The number of rotatable bonds is 2. The van der Waals surface area contributed by atoms with Crippen LogP contribution in [0, 0.1) is 0 Å². The van der Waals surface area contributed by atoms with Gasteiger partial charge in [-0.15, -0.1) is 0 Å². The highest BCUT2D eigenvalue weighted by Crippen LogP contribution is 2.48. The molecule has 2 aliphatic carbocycles. The fourth-order valence-corrected chi connectivity index (χ4v) is 4.20. The van der Waals surface area contributed by atoms with Crippen LogP contribution in [0.3, 0.4) is 0 Å². The van der Waals surface area contributed by atoms with Crippen molar-refractivity contribution in [2.45, 2.75) is 56.9 Å². The van der Waals surface area contributed by atoms with Crippen LogP contribution in [-0.4, -0.2) is 7.11 Å². The second-order valence-corrected chi connectivity index (χ2v) is 6.83. The normalized spacial score (nSPS) is 21.2. The number of nitrogens with two attached hydrogens (primary N) is 1. The smallest absolute Gasteiger partial charge is 0.138 e. The Balaban J connectivity index is 2.20. The molecule has 104 valence electrons. The standard InChI is InChI=1S/C16H22BrNO/c1-19-15-13(17)10-11-6-3-2-4-7-12(11)14(15)16(18)8-5-9-16/h10H,2-9,18H2,1H3. The molecule has 1 saturated carbocycles. The molecular formula is C16H22BrNO. The molecule has 0 atom stereocenters. The molecule has 0 aromatic heterocycles. The summed E-state index contributed by atoms with van der Waals surface area (Å²) in [4.78, 5) is 0. The van der Waals surface area contributed by atoms with Crippen molar-refractivity contribution in [3.63, 3.8) is 0 Å². The highest BCUT2D eigenvalue weighted by atomic mass is 79.9. The van der Waals surface area contributed by atoms with Crippen molar-refractivity contribution in [2.75, 3.05) is 7.11 Å². The van der Waals surface area contributed by atoms with Gasteiger partial charge >= 0.3 is 0 Å². The van der Waals surface area contributed by atoms with Crippen LogP contribution in [0.2, 0.25) is 0 Å². The van der Waals surface area contributed by atoms with Crippen LogP contribution >= 0.6 is 15.9 Å². The predicted molar refractivity (Wildman–Crippen MR) is 81.7 cm³/mol. The Morgan fingerprint density at radius 1 is 1.16 bits per heavy atom. The van der Waals surface area contributed by atoms with E-state index in [1.807, 2.05) is 0 Å². The van der Waals surface area contributed by atoms with Crippen LogP contribution in [0.4, 0.5) is 0 Å². The first-order chi connectivity index (χ1) is 9.15. The Morgan fingerprint density at radius 2 is 1.89 bits per heavy atom. The number of ether oxygens (including phenoxy) is 1. The van der Waals surface area contributed by atoms with Crippen LogP contribution in [-0.2, 0) is 18.4 Å². The number of halogens is 1. The van der Waals surface area contributed by atoms with E-state index < -0.39 is 0 Å². The molecule has 19 heavy (non-hydrogen) atoms. The summed E-state index contributed by atoms with van der Waals surface area (Å²) >= 11 is 3.68. The van der Waals surface area contributed by atoms with Gasteiger partial charge in [0.05, 0.1) is 11.6 Å². The van der Waals surface area contributed by atoms with E-state index in [-0.39, 0.29) is 5.54 Å². The van der Waals surface area contributed by atoms with E-state index in [9.17, 15) is 0 Å². The van der Waals surface area contributed by atoms with Crippen molar-refractivity contribution in [3.8, 4) is 5.75 Å². The maximum Gasteiger partial charge on any atom is 0.138 e. The van der Waals surface area contributed by atoms with Crippen molar-refractivity contribution < 1.29 is 4.74 Å². The van der Waals surface area contributed by atoms with Crippen molar-refractivity contribution in [1.82, 2.24) is 0 Å². The summed E-state index contributed by atoms with van der Waals surface area (Å²) in [6.07, 6.45) is 9.66. The third-order valence-electron chi connectivity index (χ3n) is 4.76. The van der Waals surface area contributed by atoms with Crippen LogP contribution in [0.15, 0.2) is 10.5 Å². The van der Waals surface area contributed by atoms with E-state index in [4.69, 9.17) is 10.5 Å². The van der Waals surface area contributed by atoms with Crippen LogP contribution < -0.4 is 10.5 Å². The molecule has 2 nitrogen and oxygen atoms in total. The predicted octanol–water partition coefficient (Wildman–Crippen LogP) is 4.06. The van der Waals surface area contributed by atoms with Crippen molar-refractivity contribution in [1.29, 1.82) is 0 Å². The fourth-order valence-electron chi connectivity index (χ4n) is 3.56. The van der Waals surface area contributed by atoms with Gasteiger partial charge in [-0.25, -0.2) is 0 Å². The van der Waals surface area contributed by atoms with E-state index in [2.05, 4.69) is 22.0 Å². The average molecular weight is 324 g/mol. The molecular weight excluding hydrogens is 302 g/mol. The lowest BCUT2D eigenvalue weighted by molar-refractivity contribution is 0.241. The van der Waals surface area contributed by atoms with Crippen LogP contribution in [0.25, 0.3) is 0 Å². The molecule has 0 saturated heterocycles. The quantitative estimate of drug-likeness (QED) is 0.833. The first kappa shape index (κ1) is 13.4. The topological polar surface area (TPSA) is 35.2 Å². The monoisotopic (exact) mass is 323 g/mol. The number of benzene rings is 1. The minimum atomic E-state index is -0.149. The Hall–Kier alpha value is -0.540. The average Bonchev–Trinajstić information content (AvgIpc) is 2.59. The highest BCUT2D eigenvalue weighted by molar-refractivity contribution is 9.10. The zero-order valence-corrected chi connectivity index (χ0v) is 13.2. The fraction of sp³-hybridized carbons (Fsp3) is 0.625. The molecule has 0 bridgehead atoms. The van der Waals surface area contributed by atoms with Gasteiger partial charge < -0.3 is 10.5 Å². The summed E-state index contributed by atoms with van der Waals surface area (Å²) in [6.45, 7) is 0. The van der Waals surface area contributed by atoms with E-state index >= 15 is 0 Å². The maximum atomic E-state index is 6.64. The number of hydrogen-bond donors (Lipinski definition) is 1. The van der Waals surface area contributed by atoms with Gasteiger partial charge in [0, 0.05) is 11.1 Å². The Labute approximate surface area is 123 Å². The second-order valence-electron chi connectivity index (χ2n) is 5.97. The van der Waals surface area contributed by atoms with Gasteiger partial charge in [0.2, 0.25) is 0 Å². The number of hydrogen-bond acceptors (Lipinski definition) is 2. The molecule has 1 fully saturated rings. The zero-order chi connectivity index (χ0) is 13.5. The van der Waals surface area contributed by atoms with E-state index in [0.29, 0.717) is 0 Å². The Kier molecular flexibility index (Phi) is 3.61. The first-order valence-corrected chi connectivity index (χ1v) is 8.12.